The summed E-state index contributed by atoms with van der Waals surface area (Å²) in [6, 6.07) is 15.7. The summed E-state index contributed by atoms with van der Waals surface area (Å²) in [6.07, 6.45) is 2.86. The van der Waals surface area contributed by atoms with E-state index in [0.717, 1.165) is 17.5 Å². The van der Waals surface area contributed by atoms with Crippen LogP contribution in [0, 0.1) is 5.82 Å². The zero-order valence-corrected chi connectivity index (χ0v) is 14.5. The molecule has 0 saturated heterocycles. The van der Waals surface area contributed by atoms with E-state index in [1.54, 1.807) is 18.2 Å². The molecular weight excluding hydrogens is 345 g/mol. The molecule has 0 saturated carbocycles. The first-order chi connectivity index (χ1) is 13.2. The molecule has 0 atom stereocenters. The van der Waals surface area contributed by atoms with Gasteiger partial charge in [-0.2, -0.15) is 0 Å². The molecule has 5 nitrogen and oxygen atoms in total. The van der Waals surface area contributed by atoms with E-state index in [2.05, 4.69) is 21.5 Å². The van der Waals surface area contributed by atoms with E-state index in [-0.39, 0.29) is 18.1 Å². The predicted molar refractivity (Wildman–Crippen MR) is 101 cm³/mol. The lowest BCUT2D eigenvalue weighted by Gasteiger charge is -2.03. The van der Waals surface area contributed by atoms with Crippen LogP contribution in [-0.4, -0.2) is 22.6 Å². The molecule has 4 rings (SSSR count). The zero-order chi connectivity index (χ0) is 18.6. The molecule has 0 spiro atoms. The molecule has 0 aliphatic heterocycles. The average Bonchev–Trinajstić information content (AvgIpc) is 3.30. The van der Waals surface area contributed by atoms with Crippen LogP contribution >= 0.6 is 0 Å². The Morgan fingerprint density at radius 1 is 1.15 bits per heavy atom. The maximum absolute atomic E-state index is 13.0. The van der Waals surface area contributed by atoms with Crippen molar-refractivity contribution in [2.45, 2.75) is 12.8 Å². The van der Waals surface area contributed by atoms with Gasteiger partial charge in [-0.15, -0.1) is 0 Å². The Kier molecular flexibility index (Phi) is 4.70. The second kappa shape index (κ2) is 7.45. The van der Waals surface area contributed by atoms with E-state index in [4.69, 9.17) is 4.52 Å². The fourth-order valence-electron chi connectivity index (χ4n) is 3.05. The molecule has 0 aliphatic carbocycles. The van der Waals surface area contributed by atoms with Crippen molar-refractivity contribution in [2.75, 3.05) is 6.54 Å². The Hall–Kier alpha value is -3.41. The summed E-state index contributed by atoms with van der Waals surface area (Å²) in [5.74, 6) is 0.0819. The van der Waals surface area contributed by atoms with Gasteiger partial charge in [-0.25, -0.2) is 4.39 Å². The lowest BCUT2D eigenvalue weighted by Crippen LogP contribution is -2.27. The number of carbonyl (C=O) groups excluding carboxylic acids is 1. The number of aromatic amines is 1. The zero-order valence-electron chi connectivity index (χ0n) is 14.5. The van der Waals surface area contributed by atoms with E-state index in [1.807, 2.05) is 24.4 Å². The number of rotatable bonds is 6. The average molecular weight is 363 g/mol. The van der Waals surface area contributed by atoms with Crippen LogP contribution < -0.4 is 5.32 Å². The third-order valence-corrected chi connectivity index (χ3v) is 4.42. The summed E-state index contributed by atoms with van der Waals surface area (Å²) >= 11 is 0. The second-order valence-electron chi connectivity index (χ2n) is 6.33. The first kappa shape index (κ1) is 17.0. The standard InChI is InChI=1S/C21H18FN3O2/c22-16-7-5-14(6-8-16)20-11-17(25-27-20)12-21(26)23-10-9-15-13-24-19-4-2-1-3-18(15)19/h1-8,11,13,24H,9-10,12H2,(H,23,26). The van der Waals surface area contributed by atoms with Crippen LogP contribution in [0.15, 0.2) is 65.3 Å². The van der Waals surface area contributed by atoms with Crippen LogP contribution in [0.3, 0.4) is 0 Å². The van der Waals surface area contributed by atoms with Crippen LogP contribution in [0.4, 0.5) is 4.39 Å². The Morgan fingerprint density at radius 2 is 1.96 bits per heavy atom. The highest BCUT2D eigenvalue weighted by Gasteiger charge is 2.11. The number of benzene rings is 2. The minimum absolute atomic E-state index is 0.117. The van der Waals surface area contributed by atoms with E-state index in [1.165, 1.54) is 23.1 Å². The molecule has 136 valence electrons. The minimum atomic E-state index is -0.312. The Morgan fingerprint density at radius 3 is 2.81 bits per heavy atom. The van der Waals surface area contributed by atoms with Crippen LogP contribution in [0.2, 0.25) is 0 Å². The summed E-state index contributed by atoms with van der Waals surface area (Å²) in [5.41, 5.74) is 3.52. The van der Waals surface area contributed by atoms with Gasteiger partial charge in [-0.1, -0.05) is 23.4 Å². The van der Waals surface area contributed by atoms with Crippen molar-refractivity contribution in [3.05, 3.63) is 77.9 Å². The highest BCUT2D eigenvalue weighted by atomic mass is 19.1. The number of para-hydroxylation sites is 1. The topological polar surface area (TPSA) is 70.9 Å². The minimum Gasteiger partial charge on any atom is -0.361 e. The lowest BCUT2D eigenvalue weighted by molar-refractivity contribution is -0.120. The molecule has 2 aromatic heterocycles. The number of nitrogens with zero attached hydrogens (tertiary/aromatic N) is 1. The Labute approximate surface area is 155 Å². The molecule has 0 radical (unpaired) electrons. The van der Waals surface area contributed by atoms with E-state index >= 15 is 0 Å². The summed E-state index contributed by atoms with van der Waals surface area (Å²) in [7, 11) is 0. The van der Waals surface area contributed by atoms with Gasteiger partial charge in [0.2, 0.25) is 5.91 Å². The summed E-state index contributed by atoms with van der Waals surface area (Å²) in [4.78, 5) is 15.4. The maximum Gasteiger partial charge on any atom is 0.226 e. The number of amides is 1. The number of hydrogen-bond donors (Lipinski definition) is 2. The van der Waals surface area contributed by atoms with Gasteiger partial charge >= 0.3 is 0 Å². The fraction of sp³-hybridized carbons (Fsp3) is 0.143. The monoisotopic (exact) mass is 363 g/mol. The molecule has 27 heavy (non-hydrogen) atoms. The third-order valence-electron chi connectivity index (χ3n) is 4.42. The first-order valence-corrected chi connectivity index (χ1v) is 8.72. The highest BCUT2D eigenvalue weighted by molar-refractivity contribution is 5.83. The molecule has 2 aromatic carbocycles. The van der Waals surface area contributed by atoms with E-state index in [0.29, 0.717) is 18.0 Å². The maximum atomic E-state index is 13.0. The summed E-state index contributed by atoms with van der Waals surface area (Å²) in [6.45, 7) is 0.545. The Bertz CT molecular complexity index is 1070. The quantitative estimate of drug-likeness (QED) is 0.546. The van der Waals surface area contributed by atoms with Gasteiger partial charge in [0, 0.05) is 35.3 Å². The van der Waals surface area contributed by atoms with Crippen molar-refractivity contribution in [3.8, 4) is 11.3 Å². The van der Waals surface area contributed by atoms with E-state index < -0.39 is 0 Å². The van der Waals surface area contributed by atoms with Gasteiger partial charge in [0.1, 0.15) is 5.82 Å². The molecule has 6 heteroatoms. The SMILES string of the molecule is O=C(Cc1cc(-c2ccc(F)cc2)on1)NCCc1c[nH]c2ccccc12. The second-order valence-corrected chi connectivity index (χ2v) is 6.33. The number of halogens is 1. The smallest absolute Gasteiger partial charge is 0.226 e. The van der Waals surface area contributed by atoms with Crippen molar-refractivity contribution in [2.24, 2.45) is 0 Å². The summed E-state index contributed by atoms with van der Waals surface area (Å²) < 4.78 is 18.2. The van der Waals surface area contributed by atoms with Crippen molar-refractivity contribution in [1.82, 2.24) is 15.5 Å². The van der Waals surface area contributed by atoms with Crippen molar-refractivity contribution in [1.29, 1.82) is 0 Å². The van der Waals surface area contributed by atoms with Gasteiger partial charge in [0.25, 0.3) is 0 Å². The predicted octanol–water partition coefficient (Wildman–Crippen LogP) is 3.86. The van der Waals surface area contributed by atoms with Crippen LogP contribution in [0.1, 0.15) is 11.3 Å². The molecule has 0 bridgehead atoms. The van der Waals surface area contributed by atoms with Gasteiger partial charge in [-0.05, 0) is 42.3 Å². The van der Waals surface area contributed by atoms with Crippen LogP contribution in [0.5, 0.6) is 0 Å². The molecular formula is C21H18FN3O2. The molecule has 2 heterocycles. The number of hydrogen-bond acceptors (Lipinski definition) is 3. The number of aromatic nitrogens is 2. The fourth-order valence-corrected chi connectivity index (χ4v) is 3.05. The molecule has 2 N–H and O–H groups in total. The van der Waals surface area contributed by atoms with Gasteiger partial charge in [-0.3, -0.25) is 4.79 Å². The summed E-state index contributed by atoms with van der Waals surface area (Å²) in [5, 5.41) is 8.00. The third kappa shape index (κ3) is 3.89. The van der Waals surface area contributed by atoms with Crippen LogP contribution in [0.25, 0.3) is 22.2 Å². The van der Waals surface area contributed by atoms with Crippen LogP contribution in [-0.2, 0) is 17.6 Å². The lowest BCUT2D eigenvalue weighted by atomic mass is 10.1. The number of H-pyrrole nitrogens is 1. The van der Waals surface area contributed by atoms with E-state index in [9.17, 15) is 9.18 Å². The Balaban J connectivity index is 1.31. The van der Waals surface area contributed by atoms with Crippen molar-refractivity contribution >= 4 is 16.8 Å². The molecule has 4 aromatic rings. The molecule has 0 unspecified atom stereocenters. The number of fused-ring (bicyclic) bond motifs is 1. The largest absolute Gasteiger partial charge is 0.361 e. The van der Waals surface area contributed by atoms with Gasteiger partial charge in [0.05, 0.1) is 12.1 Å². The number of carbonyl (C=O) groups is 1. The van der Waals surface area contributed by atoms with Crippen molar-refractivity contribution < 1.29 is 13.7 Å². The van der Waals surface area contributed by atoms with Gasteiger partial charge in [0.15, 0.2) is 5.76 Å². The molecule has 0 fully saturated rings. The molecule has 1 amide bonds. The highest BCUT2D eigenvalue weighted by Crippen LogP contribution is 2.21. The number of nitrogens with one attached hydrogen (secondary N) is 2. The van der Waals surface area contributed by atoms with Gasteiger partial charge < -0.3 is 14.8 Å². The normalized spacial score (nSPS) is 11.0. The molecule has 0 aliphatic rings. The first-order valence-electron chi connectivity index (χ1n) is 8.72. The van der Waals surface area contributed by atoms with Crippen molar-refractivity contribution in [3.63, 3.8) is 0 Å².